The molecule has 1 saturated heterocycles. The Morgan fingerprint density at radius 3 is 2.56 bits per heavy atom. The number of piperazine rings is 1. The Kier molecular flexibility index (Phi) is 8.29. The molecule has 1 aliphatic rings. The highest BCUT2D eigenvalue weighted by molar-refractivity contribution is 5.97. The summed E-state index contributed by atoms with van der Waals surface area (Å²) in [6.07, 6.45) is 1.54. The minimum atomic E-state index is -0.221. The van der Waals surface area contributed by atoms with Gasteiger partial charge in [-0.05, 0) is 32.4 Å². The van der Waals surface area contributed by atoms with Gasteiger partial charge in [0.15, 0.2) is 0 Å². The van der Waals surface area contributed by atoms with Crippen LogP contribution in [0.2, 0.25) is 0 Å². The molecule has 0 aliphatic carbocycles. The summed E-state index contributed by atoms with van der Waals surface area (Å²) in [6, 6.07) is 18.3. The molecule has 1 heterocycles. The smallest absolute Gasteiger partial charge is 0.266 e. The van der Waals surface area contributed by atoms with E-state index in [2.05, 4.69) is 34.5 Å². The number of aryl methyl sites for hydroxylation is 1. The van der Waals surface area contributed by atoms with Crippen LogP contribution in [-0.4, -0.2) is 48.5 Å². The number of carbonyl (C=O) groups excluding carboxylic acids is 1. The molecule has 1 atom stereocenters. The number of rotatable bonds is 8. The van der Waals surface area contributed by atoms with E-state index in [9.17, 15) is 10.1 Å². The van der Waals surface area contributed by atoms with Gasteiger partial charge in [0.25, 0.3) is 5.91 Å². The lowest BCUT2D eigenvalue weighted by atomic mass is 10.0. The van der Waals surface area contributed by atoms with Gasteiger partial charge in [-0.25, -0.2) is 0 Å². The summed E-state index contributed by atoms with van der Waals surface area (Å²) in [6.45, 7) is 10.3. The second kappa shape index (κ2) is 11.4. The molecule has 2 aromatic carbocycles. The van der Waals surface area contributed by atoms with Gasteiger partial charge in [-0.2, -0.15) is 5.26 Å². The quantitative estimate of drug-likeness (QED) is 0.508. The minimum absolute atomic E-state index is 0.102. The summed E-state index contributed by atoms with van der Waals surface area (Å²) < 4.78 is 5.74. The lowest BCUT2D eigenvalue weighted by Gasteiger charge is -2.34. The van der Waals surface area contributed by atoms with Crippen molar-refractivity contribution in [3.63, 3.8) is 0 Å². The SMILES string of the molecule is CCOc1ccc(C)cc1C(C)N/C=C(/C#N)C(=O)N1CCN(Cc2ccccc2)CC1. The van der Waals surface area contributed by atoms with Crippen molar-refractivity contribution in [1.29, 1.82) is 5.26 Å². The van der Waals surface area contributed by atoms with Crippen LogP contribution in [0.3, 0.4) is 0 Å². The van der Waals surface area contributed by atoms with E-state index in [0.717, 1.165) is 36.5 Å². The summed E-state index contributed by atoms with van der Waals surface area (Å²) in [5.41, 5.74) is 3.53. The largest absolute Gasteiger partial charge is 0.494 e. The van der Waals surface area contributed by atoms with Crippen molar-refractivity contribution in [2.24, 2.45) is 0 Å². The topological polar surface area (TPSA) is 68.6 Å². The molecule has 6 heteroatoms. The molecule has 0 spiro atoms. The van der Waals surface area contributed by atoms with Crippen molar-refractivity contribution in [1.82, 2.24) is 15.1 Å². The van der Waals surface area contributed by atoms with E-state index in [1.54, 1.807) is 11.1 Å². The van der Waals surface area contributed by atoms with E-state index in [-0.39, 0.29) is 17.5 Å². The van der Waals surface area contributed by atoms with Gasteiger partial charge >= 0.3 is 0 Å². The van der Waals surface area contributed by atoms with E-state index >= 15 is 0 Å². The van der Waals surface area contributed by atoms with E-state index in [0.29, 0.717) is 19.7 Å². The first-order chi connectivity index (χ1) is 15.5. The number of hydrogen-bond donors (Lipinski definition) is 1. The molecule has 0 bridgehead atoms. The van der Waals surface area contributed by atoms with E-state index in [4.69, 9.17) is 4.74 Å². The average molecular weight is 433 g/mol. The van der Waals surface area contributed by atoms with Crippen LogP contribution in [-0.2, 0) is 11.3 Å². The highest BCUT2D eigenvalue weighted by atomic mass is 16.5. The zero-order valence-electron chi connectivity index (χ0n) is 19.2. The van der Waals surface area contributed by atoms with Gasteiger partial charge in [0.2, 0.25) is 0 Å². The predicted molar refractivity (Wildman–Crippen MR) is 126 cm³/mol. The maximum absolute atomic E-state index is 12.9. The first-order valence-corrected chi connectivity index (χ1v) is 11.2. The van der Waals surface area contributed by atoms with Crippen molar-refractivity contribution in [3.8, 4) is 11.8 Å². The second-order valence-electron chi connectivity index (χ2n) is 8.09. The Morgan fingerprint density at radius 1 is 1.19 bits per heavy atom. The molecule has 168 valence electrons. The molecule has 0 saturated carbocycles. The number of benzene rings is 2. The number of amides is 1. The number of nitrogens with zero attached hydrogens (tertiary/aromatic N) is 3. The second-order valence-corrected chi connectivity index (χ2v) is 8.09. The third kappa shape index (κ3) is 6.12. The van der Waals surface area contributed by atoms with Crippen LogP contribution in [0.4, 0.5) is 0 Å². The minimum Gasteiger partial charge on any atom is -0.494 e. The third-order valence-corrected chi connectivity index (χ3v) is 5.67. The number of ether oxygens (including phenoxy) is 1. The summed E-state index contributed by atoms with van der Waals surface area (Å²) in [4.78, 5) is 17.0. The van der Waals surface area contributed by atoms with Crippen LogP contribution in [0.25, 0.3) is 0 Å². The molecular weight excluding hydrogens is 400 g/mol. The van der Waals surface area contributed by atoms with Crippen LogP contribution in [0.15, 0.2) is 60.3 Å². The van der Waals surface area contributed by atoms with Crippen molar-refractivity contribution >= 4 is 5.91 Å². The van der Waals surface area contributed by atoms with Gasteiger partial charge in [0.05, 0.1) is 12.6 Å². The number of hydrogen-bond acceptors (Lipinski definition) is 5. The monoisotopic (exact) mass is 432 g/mol. The molecule has 1 amide bonds. The molecule has 0 radical (unpaired) electrons. The van der Waals surface area contributed by atoms with Gasteiger partial charge < -0.3 is 15.0 Å². The molecule has 3 rings (SSSR count). The molecule has 2 aromatic rings. The number of nitriles is 1. The Morgan fingerprint density at radius 2 is 1.91 bits per heavy atom. The van der Waals surface area contributed by atoms with Crippen LogP contribution < -0.4 is 10.1 Å². The lowest BCUT2D eigenvalue weighted by Crippen LogP contribution is -2.48. The Hall–Kier alpha value is -3.30. The van der Waals surface area contributed by atoms with Crippen LogP contribution in [0, 0.1) is 18.3 Å². The fourth-order valence-corrected chi connectivity index (χ4v) is 3.85. The molecule has 1 aliphatic heterocycles. The highest BCUT2D eigenvalue weighted by Gasteiger charge is 2.24. The first-order valence-electron chi connectivity index (χ1n) is 11.2. The van der Waals surface area contributed by atoms with Gasteiger partial charge in [-0.15, -0.1) is 0 Å². The summed E-state index contributed by atoms with van der Waals surface area (Å²) in [7, 11) is 0. The van der Waals surface area contributed by atoms with E-state index < -0.39 is 0 Å². The van der Waals surface area contributed by atoms with Crippen molar-refractivity contribution in [2.45, 2.75) is 33.4 Å². The predicted octanol–water partition coefficient (Wildman–Crippen LogP) is 3.80. The summed E-state index contributed by atoms with van der Waals surface area (Å²) >= 11 is 0. The van der Waals surface area contributed by atoms with Gasteiger partial charge in [-0.3, -0.25) is 9.69 Å². The number of nitrogens with one attached hydrogen (secondary N) is 1. The van der Waals surface area contributed by atoms with Gasteiger partial charge in [0, 0.05) is 44.5 Å². The molecule has 32 heavy (non-hydrogen) atoms. The molecule has 1 unspecified atom stereocenters. The molecular formula is C26H32N4O2. The van der Waals surface area contributed by atoms with E-state index in [1.165, 1.54) is 5.56 Å². The van der Waals surface area contributed by atoms with E-state index in [1.807, 2.05) is 51.1 Å². The molecule has 1 N–H and O–H groups in total. The number of carbonyl (C=O) groups is 1. The Balaban J connectivity index is 1.59. The molecule has 6 nitrogen and oxygen atoms in total. The zero-order valence-corrected chi connectivity index (χ0v) is 19.2. The van der Waals surface area contributed by atoms with Crippen LogP contribution >= 0.6 is 0 Å². The third-order valence-electron chi connectivity index (χ3n) is 5.67. The normalized spacial score (nSPS) is 15.7. The maximum Gasteiger partial charge on any atom is 0.266 e. The zero-order chi connectivity index (χ0) is 22.9. The molecule has 1 fully saturated rings. The van der Waals surface area contributed by atoms with Crippen LogP contribution in [0.5, 0.6) is 5.75 Å². The van der Waals surface area contributed by atoms with Crippen LogP contribution in [0.1, 0.15) is 36.6 Å². The van der Waals surface area contributed by atoms with Crippen molar-refractivity contribution < 1.29 is 9.53 Å². The maximum atomic E-state index is 12.9. The van der Waals surface area contributed by atoms with Crippen molar-refractivity contribution in [2.75, 3.05) is 32.8 Å². The van der Waals surface area contributed by atoms with Crippen molar-refractivity contribution in [3.05, 3.63) is 77.0 Å². The average Bonchev–Trinajstić information content (AvgIpc) is 2.81. The molecule has 0 aromatic heterocycles. The fraction of sp³-hybridized carbons (Fsp3) is 0.385. The summed E-state index contributed by atoms with van der Waals surface area (Å²) in [5.74, 6) is 0.590. The summed E-state index contributed by atoms with van der Waals surface area (Å²) in [5, 5.41) is 12.8. The lowest BCUT2D eigenvalue weighted by molar-refractivity contribution is -0.128. The standard InChI is InChI=1S/C26H32N4O2/c1-4-32-25-11-10-20(2)16-24(25)21(3)28-18-23(17-27)26(31)30-14-12-29(13-15-30)19-22-8-6-5-7-9-22/h5-11,16,18,21,28H,4,12-15,19H2,1-3H3/b23-18-. The first kappa shape index (κ1) is 23.4. The Labute approximate surface area is 191 Å². The Bertz CT molecular complexity index is 973. The van der Waals surface area contributed by atoms with Gasteiger partial charge in [0.1, 0.15) is 17.4 Å². The van der Waals surface area contributed by atoms with Gasteiger partial charge in [-0.1, -0.05) is 48.0 Å². The fourth-order valence-electron chi connectivity index (χ4n) is 3.85. The highest BCUT2D eigenvalue weighted by Crippen LogP contribution is 2.26.